The van der Waals surface area contributed by atoms with Crippen LogP contribution in [0, 0.1) is 0 Å². The molecule has 0 bridgehead atoms. The highest BCUT2D eigenvalue weighted by atomic mass is 16.5. The van der Waals surface area contributed by atoms with Crippen molar-refractivity contribution in [1.29, 1.82) is 0 Å². The fourth-order valence-corrected chi connectivity index (χ4v) is 2.12. The Morgan fingerprint density at radius 1 is 1.00 bits per heavy atom. The Kier molecular flexibility index (Phi) is 7.59. The van der Waals surface area contributed by atoms with Gasteiger partial charge >= 0.3 is 0 Å². The van der Waals surface area contributed by atoms with E-state index in [1.807, 2.05) is 49.4 Å². The van der Waals surface area contributed by atoms with Gasteiger partial charge in [0, 0.05) is 24.0 Å². The van der Waals surface area contributed by atoms with E-state index in [0.717, 1.165) is 11.4 Å². The normalized spacial score (nSPS) is 10.2. The minimum absolute atomic E-state index is 0.137. The van der Waals surface area contributed by atoms with Gasteiger partial charge in [0.15, 0.2) is 0 Å². The Labute approximate surface area is 148 Å². The van der Waals surface area contributed by atoms with Crippen molar-refractivity contribution in [2.75, 3.05) is 44.1 Å². The second kappa shape index (κ2) is 10.2. The Balaban J connectivity index is 1.79. The summed E-state index contributed by atoms with van der Waals surface area (Å²) in [5.74, 6) is 1.33. The maximum Gasteiger partial charge on any atom is 0.243 e. The van der Waals surface area contributed by atoms with Gasteiger partial charge in [0.2, 0.25) is 5.91 Å². The lowest BCUT2D eigenvalue weighted by molar-refractivity contribution is -0.114. The fraction of sp³-hybridized carbons (Fsp3) is 0.316. The van der Waals surface area contributed by atoms with Crippen LogP contribution in [0.5, 0.6) is 11.5 Å². The molecule has 0 radical (unpaired) electrons. The van der Waals surface area contributed by atoms with Crippen LogP contribution in [0.1, 0.15) is 6.92 Å². The van der Waals surface area contributed by atoms with Gasteiger partial charge < -0.3 is 24.8 Å². The Morgan fingerprint density at radius 3 is 2.52 bits per heavy atom. The van der Waals surface area contributed by atoms with E-state index in [1.165, 1.54) is 0 Å². The fourth-order valence-electron chi connectivity index (χ4n) is 2.12. The van der Waals surface area contributed by atoms with Crippen LogP contribution in [0.25, 0.3) is 0 Å². The molecule has 0 saturated carbocycles. The number of hydrogen-bond donors (Lipinski definition) is 2. The molecule has 2 rings (SSSR count). The molecule has 2 aromatic rings. The quantitative estimate of drug-likeness (QED) is 0.648. The average molecular weight is 344 g/mol. The summed E-state index contributed by atoms with van der Waals surface area (Å²) in [6.45, 7) is 3.79. The molecule has 2 N–H and O–H groups in total. The molecule has 2 aromatic carbocycles. The maximum atomic E-state index is 12.1. The molecular formula is C19H24N2O4. The third-order valence-corrected chi connectivity index (χ3v) is 3.36. The highest BCUT2D eigenvalue weighted by molar-refractivity contribution is 5.93. The van der Waals surface area contributed by atoms with E-state index < -0.39 is 0 Å². The van der Waals surface area contributed by atoms with E-state index in [1.54, 1.807) is 13.2 Å². The molecule has 1 amide bonds. The monoisotopic (exact) mass is 344 g/mol. The number of nitrogens with one attached hydrogen (secondary N) is 2. The summed E-state index contributed by atoms with van der Waals surface area (Å²) in [6, 6.07) is 14.7. The number of anilines is 2. The summed E-state index contributed by atoms with van der Waals surface area (Å²) in [6.07, 6.45) is 0. The second-order valence-corrected chi connectivity index (χ2v) is 5.20. The largest absolute Gasteiger partial charge is 0.497 e. The maximum absolute atomic E-state index is 12.1. The molecule has 0 spiro atoms. The minimum Gasteiger partial charge on any atom is -0.497 e. The topological polar surface area (TPSA) is 68.8 Å². The van der Waals surface area contributed by atoms with Gasteiger partial charge in [-0.3, -0.25) is 4.79 Å². The first kappa shape index (κ1) is 18.6. The zero-order valence-electron chi connectivity index (χ0n) is 14.6. The summed E-state index contributed by atoms with van der Waals surface area (Å²) >= 11 is 0. The summed E-state index contributed by atoms with van der Waals surface area (Å²) in [4.78, 5) is 12.1. The number of rotatable bonds is 10. The summed E-state index contributed by atoms with van der Waals surface area (Å²) in [5, 5.41) is 5.90. The molecule has 0 fully saturated rings. The van der Waals surface area contributed by atoms with Gasteiger partial charge in [0.25, 0.3) is 0 Å². The van der Waals surface area contributed by atoms with Gasteiger partial charge in [-0.25, -0.2) is 0 Å². The van der Waals surface area contributed by atoms with Crippen LogP contribution in [0.2, 0.25) is 0 Å². The summed E-state index contributed by atoms with van der Waals surface area (Å²) in [7, 11) is 1.62. The van der Waals surface area contributed by atoms with Gasteiger partial charge in [-0.2, -0.15) is 0 Å². The first-order chi connectivity index (χ1) is 12.2. The molecule has 0 heterocycles. The van der Waals surface area contributed by atoms with Crippen LogP contribution in [-0.4, -0.2) is 39.4 Å². The van der Waals surface area contributed by atoms with E-state index >= 15 is 0 Å². The molecule has 6 nitrogen and oxygen atoms in total. The lowest BCUT2D eigenvalue weighted by Gasteiger charge is -2.10. The molecular weight excluding hydrogens is 320 g/mol. The predicted octanol–water partition coefficient (Wildman–Crippen LogP) is 3.16. The Morgan fingerprint density at radius 2 is 1.80 bits per heavy atom. The van der Waals surface area contributed by atoms with Crippen LogP contribution in [-0.2, 0) is 9.53 Å². The highest BCUT2D eigenvalue weighted by Gasteiger charge is 2.04. The van der Waals surface area contributed by atoms with Gasteiger partial charge in [-0.1, -0.05) is 6.07 Å². The summed E-state index contributed by atoms with van der Waals surface area (Å²) < 4.78 is 15.9. The average Bonchev–Trinajstić information content (AvgIpc) is 2.64. The third kappa shape index (κ3) is 6.73. The Hall–Kier alpha value is -2.73. The van der Waals surface area contributed by atoms with Gasteiger partial charge in [0.05, 0.1) is 20.3 Å². The van der Waals surface area contributed by atoms with Crippen LogP contribution < -0.4 is 20.1 Å². The molecule has 25 heavy (non-hydrogen) atoms. The van der Waals surface area contributed by atoms with Crippen molar-refractivity contribution in [1.82, 2.24) is 0 Å². The van der Waals surface area contributed by atoms with E-state index in [2.05, 4.69) is 10.6 Å². The number of hydrogen-bond acceptors (Lipinski definition) is 5. The van der Waals surface area contributed by atoms with Crippen LogP contribution in [0.15, 0.2) is 48.5 Å². The van der Waals surface area contributed by atoms with E-state index in [-0.39, 0.29) is 12.5 Å². The second-order valence-electron chi connectivity index (χ2n) is 5.20. The van der Waals surface area contributed by atoms with Crippen LogP contribution in [0.4, 0.5) is 11.4 Å². The van der Waals surface area contributed by atoms with Crippen molar-refractivity contribution >= 4 is 17.3 Å². The molecule has 0 atom stereocenters. The van der Waals surface area contributed by atoms with E-state index in [4.69, 9.17) is 14.2 Å². The lowest BCUT2D eigenvalue weighted by atomic mass is 10.3. The molecule has 0 unspecified atom stereocenters. The van der Waals surface area contributed by atoms with Crippen molar-refractivity contribution in [3.8, 4) is 11.5 Å². The molecule has 0 aliphatic rings. The van der Waals surface area contributed by atoms with Gasteiger partial charge in [-0.05, 0) is 43.3 Å². The third-order valence-electron chi connectivity index (χ3n) is 3.36. The number of benzene rings is 2. The molecule has 0 aliphatic carbocycles. The molecule has 6 heteroatoms. The number of methoxy groups -OCH3 is 1. The molecule has 0 aromatic heterocycles. The molecule has 0 aliphatic heterocycles. The van der Waals surface area contributed by atoms with E-state index in [0.29, 0.717) is 31.3 Å². The number of amides is 1. The van der Waals surface area contributed by atoms with Gasteiger partial charge in [0.1, 0.15) is 18.1 Å². The van der Waals surface area contributed by atoms with E-state index in [9.17, 15) is 4.79 Å². The first-order valence-electron chi connectivity index (χ1n) is 8.19. The zero-order chi connectivity index (χ0) is 17.9. The van der Waals surface area contributed by atoms with Crippen molar-refractivity contribution in [2.45, 2.75) is 6.92 Å². The van der Waals surface area contributed by atoms with Gasteiger partial charge in [-0.15, -0.1) is 0 Å². The van der Waals surface area contributed by atoms with Crippen molar-refractivity contribution < 1.29 is 19.0 Å². The SMILES string of the molecule is CCOCCOc1cccc(NC(=O)CNc2ccc(OC)cc2)c1. The standard InChI is InChI=1S/C19H24N2O4/c1-3-24-11-12-25-18-6-4-5-16(13-18)21-19(22)14-20-15-7-9-17(23-2)10-8-15/h4-10,13,20H,3,11-12,14H2,1-2H3,(H,21,22). The smallest absolute Gasteiger partial charge is 0.243 e. The molecule has 134 valence electrons. The predicted molar refractivity (Wildman–Crippen MR) is 98.5 cm³/mol. The minimum atomic E-state index is -0.137. The number of carbonyl (C=O) groups excluding carboxylic acids is 1. The first-order valence-corrected chi connectivity index (χ1v) is 8.19. The van der Waals surface area contributed by atoms with Crippen molar-refractivity contribution in [3.05, 3.63) is 48.5 Å². The van der Waals surface area contributed by atoms with Crippen LogP contribution in [0.3, 0.4) is 0 Å². The lowest BCUT2D eigenvalue weighted by Crippen LogP contribution is -2.21. The summed E-state index contributed by atoms with van der Waals surface area (Å²) in [5.41, 5.74) is 1.54. The number of carbonyl (C=O) groups is 1. The van der Waals surface area contributed by atoms with Crippen LogP contribution >= 0.6 is 0 Å². The zero-order valence-corrected chi connectivity index (χ0v) is 14.6. The highest BCUT2D eigenvalue weighted by Crippen LogP contribution is 2.18. The van der Waals surface area contributed by atoms with Crippen molar-refractivity contribution in [2.24, 2.45) is 0 Å². The van der Waals surface area contributed by atoms with Crippen molar-refractivity contribution in [3.63, 3.8) is 0 Å². The molecule has 0 saturated heterocycles. The number of ether oxygens (including phenoxy) is 3. The Bertz CT molecular complexity index is 659.